The van der Waals surface area contributed by atoms with Gasteiger partial charge in [0.1, 0.15) is 5.69 Å². The number of aromatic nitrogens is 5. The largest absolute Gasteiger partial charge is 0.422 e. The molecule has 0 aromatic carbocycles. The molecule has 0 aliphatic carbocycles. The van der Waals surface area contributed by atoms with Gasteiger partial charge in [-0.05, 0) is 31.2 Å². The van der Waals surface area contributed by atoms with E-state index in [1.807, 2.05) is 49.6 Å². The van der Waals surface area contributed by atoms with Crippen molar-refractivity contribution in [2.75, 3.05) is 31.1 Å². The second-order valence-corrected chi connectivity index (χ2v) is 9.16. The van der Waals surface area contributed by atoms with Gasteiger partial charge in [0.05, 0.1) is 5.56 Å². The molecule has 5 heterocycles. The predicted molar refractivity (Wildman–Crippen MR) is 121 cm³/mol. The summed E-state index contributed by atoms with van der Waals surface area (Å²) in [5, 5.41) is 4.01. The van der Waals surface area contributed by atoms with E-state index in [1.54, 1.807) is 18.3 Å². The molecule has 170 valence electrons. The molecule has 10 nitrogen and oxygen atoms in total. The third-order valence-corrected chi connectivity index (χ3v) is 5.53. The van der Waals surface area contributed by atoms with Crippen LogP contribution in [0.25, 0.3) is 22.7 Å². The van der Waals surface area contributed by atoms with Crippen LogP contribution < -0.4 is 4.90 Å². The minimum atomic E-state index is -0.239. The molecule has 4 aromatic rings. The number of carbonyl (C=O) groups excluding carboxylic acids is 1. The maximum absolute atomic E-state index is 13.0. The van der Waals surface area contributed by atoms with Crippen molar-refractivity contribution in [2.45, 2.75) is 33.1 Å². The first kappa shape index (κ1) is 21.0. The summed E-state index contributed by atoms with van der Waals surface area (Å²) in [4.78, 5) is 34.5. The molecule has 0 unspecified atom stereocenters. The van der Waals surface area contributed by atoms with Crippen LogP contribution in [0.1, 0.15) is 42.7 Å². The predicted octanol–water partition coefficient (Wildman–Crippen LogP) is 3.24. The summed E-state index contributed by atoms with van der Waals surface area (Å²) < 4.78 is 11.2. The van der Waals surface area contributed by atoms with E-state index < -0.39 is 0 Å². The molecule has 1 aliphatic rings. The fourth-order valence-corrected chi connectivity index (χ4v) is 3.61. The quantitative estimate of drug-likeness (QED) is 0.467. The Morgan fingerprint density at radius 1 is 1.00 bits per heavy atom. The fraction of sp³-hybridized carbons (Fsp3) is 0.391. The van der Waals surface area contributed by atoms with Crippen LogP contribution in [0.2, 0.25) is 0 Å². The lowest BCUT2D eigenvalue weighted by atomic mass is 9.97. The number of carbonyl (C=O) groups is 1. The van der Waals surface area contributed by atoms with Gasteiger partial charge < -0.3 is 18.7 Å². The van der Waals surface area contributed by atoms with Gasteiger partial charge in [-0.3, -0.25) is 9.78 Å². The molecule has 33 heavy (non-hydrogen) atoms. The molecular weight excluding hydrogens is 422 g/mol. The summed E-state index contributed by atoms with van der Waals surface area (Å²) in [6.45, 7) is 10.3. The number of amides is 1. The number of rotatable bonds is 3. The Balaban J connectivity index is 1.23. The Hall–Kier alpha value is -3.82. The molecule has 0 radical (unpaired) electrons. The van der Waals surface area contributed by atoms with Crippen LogP contribution in [0.4, 0.5) is 6.01 Å². The molecular formula is C23H25N7O3. The average Bonchev–Trinajstić information content (AvgIpc) is 3.46. The molecule has 10 heteroatoms. The van der Waals surface area contributed by atoms with Crippen LogP contribution in [-0.2, 0) is 5.41 Å². The van der Waals surface area contributed by atoms with Crippen molar-refractivity contribution in [1.29, 1.82) is 0 Å². The van der Waals surface area contributed by atoms with Crippen LogP contribution in [0.5, 0.6) is 0 Å². The highest BCUT2D eigenvalue weighted by Gasteiger charge is 2.26. The lowest BCUT2D eigenvalue weighted by molar-refractivity contribution is 0.0744. The fourth-order valence-electron chi connectivity index (χ4n) is 3.61. The standard InChI is InChI=1S/C23H25N7O3/c1-14-5-8-17-19(25-14)27-22(32-17)30-11-9-29(10-12-30)20(31)15-6-7-16(24-13-15)18-26-21(33-28-18)23(2,3)4/h5-8,13H,9-12H2,1-4H3. The Labute approximate surface area is 190 Å². The Bertz CT molecular complexity index is 1300. The highest BCUT2D eigenvalue weighted by molar-refractivity contribution is 5.94. The zero-order valence-corrected chi connectivity index (χ0v) is 19.1. The zero-order chi connectivity index (χ0) is 23.2. The minimum Gasteiger partial charge on any atom is -0.422 e. The van der Waals surface area contributed by atoms with Crippen molar-refractivity contribution < 1.29 is 13.7 Å². The second-order valence-electron chi connectivity index (χ2n) is 9.16. The summed E-state index contributed by atoms with van der Waals surface area (Å²) in [5.74, 6) is 0.893. The van der Waals surface area contributed by atoms with Gasteiger partial charge in [-0.25, -0.2) is 4.98 Å². The van der Waals surface area contributed by atoms with Crippen LogP contribution in [0, 0.1) is 6.92 Å². The number of anilines is 1. The molecule has 0 spiro atoms. The van der Waals surface area contributed by atoms with Crippen LogP contribution in [0.15, 0.2) is 39.4 Å². The van der Waals surface area contributed by atoms with Gasteiger partial charge in [0.2, 0.25) is 17.4 Å². The lowest BCUT2D eigenvalue weighted by Crippen LogP contribution is -2.49. The van der Waals surface area contributed by atoms with Gasteiger partial charge in [0.25, 0.3) is 11.9 Å². The summed E-state index contributed by atoms with van der Waals surface area (Å²) >= 11 is 0. The first-order valence-electron chi connectivity index (χ1n) is 10.9. The molecule has 0 atom stereocenters. The second kappa shape index (κ2) is 7.95. The first-order chi connectivity index (χ1) is 15.8. The number of piperazine rings is 1. The summed E-state index contributed by atoms with van der Waals surface area (Å²) in [6, 6.07) is 7.81. The minimum absolute atomic E-state index is 0.0629. The van der Waals surface area contributed by atoms with Gasteiger partial charge in [0, 0.05) is 43.5 Å². The molecule has 1 amide bonds. The number of nitrogens with zero attached hydrogens (tertiary/aromatic N) is 7. The van der Waals surface area contributed by atoms with Crippen LogP contribution >= 0.6 is 0 Å². The van der Waals surface area contributed by atoms with E-state index in [-0.39, 0.29) is 11.3 Å². The third-order valence-electron chi connectivity index (χ3n) is 5.53. The zero-order valence-electron chi connectivity index (χ0n) is 19.1. The molecule has 5 rings (SSSR count). The number of hydrogen-bond donors (Lipinski definition) is 0. The van der Waals surface area contributed by atoms with Gasteiger partial charge in [-0.2, -0.15) is 9.97 Å². The third kappa shape index (κ3) is 4.15. The normalized spacial score (nSPS) is 14.8. The first-order valence-corrected chi connectivity index (χ1v) is 10.9. The van der Waals surface area contributed by atoms with Crippen molar-refractivity contribution in [2.24, 2.45) is 0 Å². The SMILES string of the molecule is Cc1ccc2oc(N3CCN(C(=O)c4ccc(-c5noc(C(C)(C)C)n5)nc4)CC3)nc2n1. The van der Waals surface area contributed by atoms with Gasteiger partial charge in [0.15, 0.2) is 5.58 Å². The maximum Gasteiger partial charge on any atom is 0.300 e. The molecule has 4 aromatic heterocycles. The highest BCUT2D eigenvalue weighted by atomic mass is 16.5. The van der Waals surface area contributed by atoms with E-state index in [9.17, 15) is 4.79 Å². The lowest BCUT2D eigenvalue weighted by Gasteiger charge is -2.33. The molecule has 1 saturated heterocycles. The van der Waals surface area contributed by atoms with E-state index in [4.69, 9.17) is 8.94 Å². The Morgan fingerprint density at radius 3 is 2.45 bits per heavy atom. The highest BCUT2D eigenvalue weighted by Crippen LogP contribution is 2.24. The van der Waals surface area contributed by atoms with Crippen molar-refractivity contribution in [1.82, 2.24) is 30.0 Å². The van der Waals surface area contributed by atoms with E-state index in [1.165, 1.54) is 0 Å². The average molecular weight is 447 g/mol. The maximum atomic E-state index is 13.0. The molecule has 0 saturated carbocycles. The monoisotopic (exact) mass is 447 g/mol. The van der Waals surface area contributed by atoms with Crippen molar-refractivity contribution in [3.8, 4) is 11.5 Å². The summed E-state index contributed by atoms with van der Waals surface area (Å²) in [6.07, 6.45) is 1.56. The Morgan fingerprint density at radius 2 is 1.79 bits per heavy atom. The van der Waals surface area contributed by atoms with Crippen molar-refractivity contribution in [3.05, 3.63) is 47.6 Å². The van der Waals surface area contributed by atoms with Crippen molar-refractivity contribution in [3.63, 3.8) is 0 Å². The number of pyridine rings is 2. The van der Waals surface area contributed by atoms with E-state index in [0.717, 1.165) is 5.69 Å². The smallest absolute Gasteiger partial charge is 0.300 e. The van der Waals surface area contributed by atoms with Crippen LogP contribution in [-0.4, -0.2) is 62.1 Å². The summed E-state index contributed by atoms with van der Waals surface area (Å²) in [7, 11) is 0. The number of oxazole rings is 1. The number of aryl methyl sites for hydroxylation is 1. The molecule has 0 N–H and O–H groups in total. The van der Waals surface area contributed by atoms with Gasteiger partial charge in [-0.15, -0.1) is 0 Å². The van der Waals surface area contributed by atoms with E-state index in [0.29, 0.717) is 66.4 Å². The van der Waals surface area contributed by atoms with Gasteiger partial charge >= 0.3 is 0 Å². The Kier molecular flexibility index (Phi) is 5.07. The van der Waals surface area contributed by atoms with Gasteiger partial charge in [-0.1, -0.05) is 25.9 Å². The number of hydrogen-bond acceptors (Lipinski definition) is 9. The van der Waals surface area contributed by atoms with Crippen LogP contribution in [0.3, 0.4) is 0 Å². The topological polar surface area (TPSA) is 114 Å². The molecule has 1 fully saturated rings. The molecule has 0 bridgehead atoms. The summed E-state index contributed by atoms with van der Waals surface area (Å²) in [5.41, 5.74) is 3.01. The molecule has 1 aliphatic heterocycles. The van der Waals surface area contributed by atoms with E-state index >= 15 is 0 Å². The van der Waals surface area contributed by atoms with E-state index in [2.05, 4.69) is 25.1 Å². The number of fused-ring (bicyclic) bond motifs is 1. The van der Waals surface area contributed by atoms with Crippen molar-refractivity contribution >= 4 is 23.2 Å².